The van der Waals surface area contributed by atoms with Gasteiger partial charge in [0.2, 0.25) is 0 Å². The minimum Gasteiger partial charge on any atom is -0.383 e. The first-order chi connectivity index (χ1) is 8.08. The molecule has 0 aromatic heterocycles. The lowest BCUT2D eigenvalue weighted by Crippen LogP contribution is -2.35. The molecule has 2 atom stereocenters. The highest BCUT2D eigenvalue weighted by molar-refractivity contribution is 5.21. The predicted molar refractivity (Wildman–Crippen MR) is 63.9 cm³/mol. The first kappa shape index (κ1) is 14.1. The highest BCUT2D eigenvalue weighted by Gasteiger charge is 2.15. The summed E-state index contributed by atoms with van der Waals surface area (Å²) >= 11 is 0. The number of methoxy groups -OCH3 is 1. The smallest absolute Gasteiger partial charge is 0.128 e. The van der Waals surface area contributed by atoms with E-state index in [9.17, 15) is 8.78 Å². The fraction of sp³-hybridized carbons (Fsp3) is 0.538. The molecule has 1 N–H and O–H groups in total. The van der Waals surface area contributed by atoms with Gasteiger partial charge in [0.25, 0.3) is 0 Å². The highest BCUT2D eigenvalue weighted by Crippen LogP contribution is 2.18. The summed E-state index contributed by atoms with van der Waals surface area (Å²) in [5.41, 5.74) is 0.347. The van der Waals surface area contributed by atoms with Crippen molar-refractivity contribution in [1.82, 2.24) is 5.32 Å². The van der Waals surface area contributed by atoms with E-state index in [1.165, 1.54) is 6.07 Å². The van der Waals surface area contributed by atoms with E-state index in [-0.39, 0.29) is 12.1 Å². The zero-order chi connectivity index (χ0) is 12.8. The van der Waals surface area contributed by atoms with Gasteiger partial charge in [-0.1, -0.05) is 6.92 Å². The van der Waals surface area contributed by atoms with Crippen molar-refractivity contribution >= 4 is 0 Å². The average molecular weight is 243 g/mol. The van der Waals surface area contributed by atoms with Crippen molar-refractivity contribution in [3.8, 4) is 0 Å². The molecule has 17 heavy (non-hydrogen) atoms. The van der Waals surface area contributed by atoms with Gasteiger partial charge in [0.1, 0.15) is 11.6 Å². The van der Waals surface area contributed by atoms with Crippen LogP contribution in [0, 0.1) is 11.6 Å². The summed E-state index contributed by atoms with van der Waals surface area (Å²) in [5.74, 6) is -0.812. The van der Waals surface area contributed by atoms with Gasteiger partial charge in [-0.25, -0.2) is 8.78 Å². The first-order valence-electron chi connectivity index (χ1n) is 5.78. The third-order valence-electron chi connectivity index (χ3n) is 2.77. The topological polar surface area (TPSA) is 21.3 Å². The van der Waals surface area contributed by atoms with Crippen LogP contribution in [0.4, 0.5) is 8.78 Å². The summed E-state index contributed by atoms with van der Waals surface area (Å²) in [4.78, 5) is 0. The maximum absolute atomic E-state index is 13.5. The van der Waals surface area contributed by atoms with Crippen molar-refractivity contribution in [2.24, 2.45) is 0 Å². The minimum atomic E-state index is -0.421. The summed E-state index contributed by atoms with van der Waals surface area (Å²) in [6, 6.07) is 3.40. The number of benzene rings is 1. The van der Waals surface area contributed by atoms with Crippen LogP contribution in [-0.4, -0.2) is 19.8 Å². The van der Waals surface area contributed by atoms with Crippen LogP contribution in [0.1, 0.15) is 31.9 Å². The molecule has 0 aliphatic carbocycles. The molecule has 0 saturated carbocycles. The molecule has 0 amide bonds. The van der Waals surface area contributed by atoms with Gasteiger partial charge in [0.05, 0.1) is 6.61 Å². The molecular formula is C13H19F2NO. The Bertz CT molecular complexity index is 357. The van der Waals surface area contributed by atoms with Crippen LogP contribution in [0.25, 0.3) is 0 Å². The van der Waals surface area contributed by atoms with E-state index in [0.717, 1.165) is 18.6 Å². The second kappa shape index (κ2) is 6.67. The fourth-order valence-corrected chi connectivity index (χ4v) is 1.77. The maximum atomic E-state index is 13.5. The number of hydrogen-bond acceptors (Lipinski definition) is 2. The Hall–Kier alpha value is -1.00. The fourth-order valence-electron chi connectivity index (χ4n) is 1.77. The normalized spacial score (nSPS) is 14.6. The average Bonchev–Trinajstić information content (AvgIpc) is 2.31. The molecule has 0 aliphatic heterocycles. The van der Waals surface area contributed by atoms with Gasteiger partial charge in [0, 0.05) is 24.8 Å². The van der Waals surface area contributed by atoms with E-state index >= 15 is 0 Å². The molecule has 0 saturated heterocycles. The monoisotopic (exact) mass is 243 g/mol. The van der Waals surface area contributed by atoms with Gasteiger partial charge in [-0.15, -0.1) is 0 Å². The van der Waals surface area contributed by atoms with Crippen molar-refractivity contribution in [3.05, 3.63) is 35.4 Å². The maximum Gasteiger partial charge on any atom is 0.128 e. The van der Waals surface area contributed by atoms with Crippen LogP contribution in [-0.2, 0) is 4.74 Å². The van der Waals surface area contributed by atoms with E-state index in [4.69, 9.17) is 4.74 Å². The Balaban J connectivity index is 2.74. The molecule has 1 aromatic carbocycles. The van der Waals surface area contributed by atoms with Crippen LogP contribution in [0.3, 0.4) is 0 Å². The van der Waals surface area contributed by atoms with Crippen molar-refractivity contribution in [3.63, 3.8) is 0 Å². The second-order valence-electron chi connectivity index (χ2n) is 4.11. The van der Waals surface area contributed by atoms with Gasteiger partial charge in [-0.05, 0) is 31.5 Å². The largest absolute Gasteiger partial charge is 0.383 e. The summed E-state index contributed by atoms with van der Waals surface area (Å²) in [5, 5.41) is 3.22. The summed E-state index contributed by atoms with van der Waals surface area (Å²) < 4.78 is 31.6. The quantitative estimate of drug-likeness (QED) is 0.829. The van der Waals surface area contributed by atoms with Gasteiger partial charge < -0.3 is 10.1 Å². The number of nitrogens with one attached hydrogen (secondary N) is 1. The Morgan fingerprint density at radius 3 is 2.65 bits per heavy atom. The standard InChI is InChI=1S/C13H19F2NO/c1-4-11(8-17-3)16-9(2)12-7-10(14)5-6-13(12)15/h5-7,9,11,16H,4,8H2,1-3H3. The Kier molecular flexibility index (Phi) is 5.51. The zero-order valence-corrected chi connectivity index (χ0v) is 10.5. The third-order valence-corrected chi connectivity index (χ3v) is 2.77. The second-order valence-corrected chi connectivity index (χ2v) is 4.11. The van der Waals surface area contributed by atoms with E-state index in [1.54, 1.807) is 7.11 Å². The van der Waals surface area contributed by atoms with Crippen molar-refractivity contribution in [2.75, 3.05) is 13.7 Å². The van der Waals surface area contributed by atoms with Crippen LogP contribution in [0.15, 0.2) is 18.2 Å². The first-order valence-corrected chi connectivity index (χ1v) is 5.78. The number of ether oxygens (including phenoxy) is 1. The Morgan fingerprint density at radius 1 is 1.35 bits per heavy atom. The van der Waals surface area contributed by atoms with Crippen LogP contribution < -0.4 is 5.32 Å². The SMILES string of the molecule is CCC(COC)NC(C)c1cc(F)ccc1F. The Labute approximate surface area is 101 Å². The molecule has 0 heterocycles. The number of hydrogen-bond donors (Lipinski definition) is 1. The number of rotatable bonds is 6. The molecule has 2 nitrogen and oxygen atoms in total. The van der Waals surface area contributed by atoms with Crippen LogP contribution in [0.5, 0.6) is 0 Å². The third kappa shape index (κ3) is 4.06. The molecule has 0 spiro atoms. The molecular weight excluding hydrogens is 224 g/mol. The molecule has 4 heteroatoms. The molecule has 0 bridgehead atoms. The molecule has 1 rings (SSSR count). The lowest BCUT2D eigenvalue weighted by atomic mass is 10.1. The van der Waals surface area contributed by atoms with Crippen LogP contribution >= 0.6 is 0 Å². The Morgan fingerprint density at radius 2 is 2.06 bits per heavy atom. The zero-order valence-electron chi connectivity index (χ0n) is 10.5. The van der Waals surface area contributed by atoms with E-state index in [2.05, 4.69) is 5.32 Å². The highest BCUT2D eigenvalue weighted by atomic mass is 19.1. The molecule has 0 aliphatic rings. The van der Waals surface area contributed by atoms with Crippen LogP contribution in [0.2, 0.25) is 0 Å². The van der Waals surface area contributed by atoms with E-state index in [0.29, 0.717) is 12.2 Å². The van der Waals surface area contributed by atoms with Gasteiger partial charge in [-0.2, -0.15) is 0 Å². The van der Waals surface area contributed by atoms with Crippen molar-refractivity contribution in [1.29, 1.82) is 0 Å². The lowest BCUT2D eigenvalue weighted by Gasteiger charge is -2.22. The predicted octanol–water partition coefficient (Wildman–Crippen LogP) is 3.04. The summed E-state index contributed by atoms with van der Waals surface area (Å²) in [6.45, 7) is 4.39. The van der Waals surface area contributed by atoms with Crippen molar-refractivity contribution < 1.29 is 13.5 Å². The van der Waals surface area contributed by atoms with E-state index < -0.39 is 11.6 Å². The summed E-state index contributed by atoms with van der Waals surface area (Å²) in [6.07, 6.45) is 0.870. The lowest BCUT2D eigenvalue weighted by molar-refractivity contribution is 0.159. The summed E-state index contributed by atoms with van der Waals surface area (Å²) in [7, 11) is 1.62. The van der Waals surface area contributed by atoms with Gasteiger partial charge in [-0.3, -0.25) is 0 Å². The minimum absolute atomic E-state index is 0.137. The molecule has 0 fully saturated rings. The van der Waals surface area contributed by atoms with Gasteiger partial charge in [0.15, 0.2) is 0 Å². The number of halogens is 2. The van der Waals surface area contributed by atoms with Gasteiger partial charge >= 0.3 is 0 Å². The van der Waals surface area contributed by atoms with Crippen molar-refractivity contribution in [2.45, 2.75) is 32.4 Å². The molecule has 1 aromatic rings. The molecule has 96 valence electrons. The molecule has 0 radical (unpaired) electrons. The van der Waals surface area contributed by atoms with E-state index in [1.807, 2.05) is 13.8 Å². The molecule has 2 unspecified atom stereocenters.